The molecule has 1 aliphatic rings. The van der Waals surface area contributed by atoms with Crippen LogP contribution in [0.5, 0.6) is 5.75 Å². The highest BCUT2D eigenvalue weighted by atomic mass is 16.5. The van der Waals surface area contributed by atoms with E-state index in [2.05, 4.69) is 17.4 Å². The van der Waals surface area contributed by atoms with Crippen molar-refractivity contribution < 1.29 is 14.4 Å². The van der Waals surface area contributed by atoms with Gasteiger partial charge in [-0.15, -0.1) is 0 Å². The summed E-state index contributed by atoms with van der Waals surface area (Å²) in [4.78, 5) is 13.6. The maximum Gasteiger partial charge on any atom is 0.279 e. The zero-order chi connectivity index (χ0) is 16.1. The third kappa shape index (κ3) is 4.57. The first-order valence-electron chi connectivity index (χ1n) is 8.07. The van der Waals surface area contributed by atoms with E-state index in [9.17, 15) is 4.79 Å². The van der Waals surface area contributed by atoms with Gasteiger partial charge in [0.05, 0.1) is 13.2 Å². The van der Waals surface area contributed by atoms with Crippen LogP contribution in [0.15, 0.2) is 54.6 Å². The smallest absolute Gasteiger partial charge is 0.279 e. The average Bonchev–Trinajstić information content (AvgIpc) is 3.41. The van der Waals surface area contributed by atoms with Gasteiger partial charge in [0.1, 0.15) is 12.3 Å². The predicted octanol–water partition coefficient (Wildman–Crippen LogP) is 1.88. The molecule has 2 aromatic carbocycles. The molecule has 0 radical (unpaired) electrons. The summed E-state index contributed by atoms with van der Waals surface area (Å²) < 4.78 is 5.19. The Hall–Kier alpha value is -2.33. The molecule has 2 aromatic rings. The predicted molar refractivity (Wildman–Crippen MR) is 90.6 cm³/mol. The summed E-state index contributed by atoms with van der Waals surface area (Å²) in [5.74, 6) is 0.940. The summed E-state index contributed by atoms with van der Waals surface area (Å²) in [5.41, 5.74) is 2.09. The Kier molecular flexibility index (Phi) is 4.93. The van der Waals surface area contributed by atoms with Crippen molar-refractivity contribution >= 4 is 11.6 Å². The van der Waals surface area contributed by atoms with E-state index in [1.807, 2.05) is 42.5 Å². The molecule has 1 atom stereocenters. The van der Waals surface area contributed by atoms with Gasteiger partial charge < -0.3 is 15.0 Å². The third-order valence-corrected chi connectivity index (χ3v) is 4.19. The fraction of sp³-hybridized carbons (Fsp3) is 0.316. The molecule has 3 rings (SSSR count). The second kappa shape index (κ2) is 7.29. The number of para-hydroxylation sites is 1. The van der Waals surface area contributed by atoms with Gasteiger partial charge >= 0.3 is 0 Å². The highest BCUT2D eigenvalue weighted by molar-refractivity contribution is 5.91. The Labute approximate surface area is 137 Å². The van der Waals surface area contributed by atoms with Crippen LogP contribution in [0.25, 0.3) is 0 Å². The molecule has 2 N–H and O–H groups in total. The van der Waals surface area contributed by atoms with Gasteiger partial charge in [0.25, 0.3) is 5.91 Å². The summed E-state index contributed by atoms with van der Waals surface area (Å²) >= 11 is 0. The van der Waals surface area contributed by atoms with Gasteiger partial charge in [-0.2, -0.15) is 0 Å². The molecule has 4 heteroatoms. The number of rotatable bonds is 7. The molecule has 0 heterocycles. The van der Waals surface area contributed by atoms with E-state index >= 15 is 0 Å². The average molecular weight is 311 g/mol. The molecule has 0 aromatic heterocycles. The van der Waals surface area contributed by atoms with Crippen LogP contribution in [0.3, 0.4) is 0 Å². The Morgan fingerprint density at radius 1 is 1.13 bits per heavy atom. The maximum absolute atomic E-state index is 12.3. The van der Waals surface area contributed by atoms with Crippen LogP contribution in [0.2, 0.25) is 0 Å². The Balaban J connectivity index is 1.59. The molecule has 23 heavy (non-hydrogen) atoms. The maximum atomic E-state index is 12.3. The van der Waals surface area contributed by atoms with E-state index in [-0.39, 0.29) is 5.91 Å². The van der Waals surface area contributed by atoms with Crippen LogP contribution >= 0.6 is 0 Å². The summed E-state index contributed by atoms with van der Waals surface area (Å²) in [5, 5.41) is 2.98. The lowest BCUT2D eigenvalue weighted by Gasteiger charge is -2.19. The van der Waals surface area contributed by atoms with Crippen LogP contribution in [0.4, 0.5) is 5.69 Å². The quantitative estimate of drug-likeness (QED) is 0.820. The van der Waals surface area contributed by atoms with Gasteiger partial charge in [-0.1, -0.05) is 18.2 Å². The monoisotopic (exact) mass is 311 g/mol. The Morgan fingerprint density at radius 2 is 1.83 bits per heavy atom. The summed E-state index contributed by atoms with van der Waals surface area (Å²) in [6, 6.07) is 18.4. The summed E-state index contributed by atoms with van der Waals surface area (Å²) in [6.07, 6.45) is 2.42. The van der Waals surface area contributed by atoms with Gasteiger partial charge in [-0.25, -0.2) is 0 Å². The molecule has 1 aliphatic carbocycles. The van der Waals surface area contributed by atoms with Crippen molar-refractivity contribution in [3.05, 3.63) is 60.2 Å². The number of methoxy groups -OCH3 is 1. The molecule has 0 bridgehead atoms. The molecule has 120 valence electrons. The second-order valence-electron chi connectivity index (χ2n) is 6.05. The molecule has 0 aliphatic heterocycles. The summed E-state index contributed by atoms with van der Waals surface area (Å²) in [7, 11) is 1.67. The number of quaternary nitrogens is 1. The van der Waals surface area contributed by atoms with Crippen molar-refractivity contribution in [3.63, 3.8) is 0 Å². The van der Waals surface area contributed by atoms with Crippen LogP contribution in [0, 0.1) is 0 Å². The van der Waals surface area contributed by atoms with Crippen LogP contribution < -0.4 is 15.0 Å². The van der Waals surface area contributed by atoms with Crippen LogP contribution in [0.1, 0.15) is 18.4 Å². The number of anilines is 1. The summed E-state index contributed by atoms with van der Waals surface area (Å²) in [6.45, 7) is 1.38. The van der Waals surface area contributed by atoms with Crippen molar-refractivity contribution in [1.82, 2.24) is 0 Å². The fourth-order valence-electron chi connectivity index (χ4n) is 2.78. The lowest BCUT2D eigenvalue weighted by Crippen LogP contribution is -3.13. The second-order valence-corrected chi connectivity index (χ2v) is 6.05. The number of benzene rings is 2. The zero-order valence-electron chi connectivity index (χ0n) is 13.4. The van der Waals surface area contributed by atoms with E-state index in [0.29, 0.717) is 12.6 Å². The highest BCUT2D eigenvalue weighted by Crippen LogP contribution is 2.16. The first-order chi connectivity index (χ1) is 11.2. The standard InChI is InChI=1S/C19H22N2O2/c1-23-18-11-7-15(8-12-18)13-21(17-9-10-17)14-19(22)20-16-5-3-2-4-6-16/h2-8,11-12,17H,9-10,13-14H2,1H3,(H,20,22)/p+1. The topological polar surface area (TPSA) is 42.8 Å². The van der Waals surface area contributed by atoms with Crippen molar-refractivity contribution in [2.24, 2.45) is 0 Å². The first kappa shape index (κ1) is 15.6. The number of amides is 1. The van der Waals surface area contributed by atoms with Gasteiger partial charge in [0, 0.05) is 24.1 Å². The Morgan fingerprint density at radius 3 is 2.43 bits per heavy atom. The minimum absolute atomic E-state index is 0.0756. The van der Waals surface area contributed by atoms with Gasteiger partial charge in [-0.3, -0.25) is 4.79 Å². The minimum atomic E-state index is 0.0756. The number of hydrogen-bond donors (Lipinski definition) is 2. The SMILES string of the molecule is COc1ccc(C[NH+](CC(=O)Nc2ccccc2)C2CC2)cc1. The number of carbonyl (C=O) groups excluding carboxylic acids is 1. The highest BCUT2D eigenvalue weighted by Gasteiger charge is 2.34. The molecule has 1 saturated carbocycles. The fourth-order valence-corrected chi connectivity index (χ4v) is 2.78. The molecule has 0 spiro atoms. The third-order valence-electron chi connectivity index (χ3n) is 4.19. The zero-order valence-corrected chi connectivity index (χ0v) is 13.4. The molecular weight excluding hydrogens is 288 g/mol. The lowest BCUT2D eigenvalue weighted by molar-refractivity contribution is -0.916. The van der Waals surface area contributed by atoms with Crippen LogP contribution in [-0.4, -0.2) is 25.6 Å². The van der Waals surface area contributed by atoms with Gasteiger partial charge in [0.2, 0.25) is 0 Å². The van der Waals surface area contributed by atoms with E-state index in [0.717, 1.165) is 18.0 Å². The van der Waals surface area contributed by atoms with Crippen molar-refractivity contribution in [1.29, 1.82) is 0 Å². The molecule has 4 nitrogen and oxygen atoms in total. The van der Waals surface area contributed by atoms with Gasteiger partial charge in [0.15, 0.2) is 6.54 Å². The molecule has 1 fully saturated rings. The normalized spacial score (nSPS) is 15.0. The van der Waals surface area contributed by atoms with E-state index < -0.39 is 0 Å². The molecule has 1 unspecified atom stereocenters. The van der Waals surface area contributed by atoms with Crippen molar-refractivity contribution in [2.45, 2.75) is 25.4 Å². The number of ether oxygens (including phenoxy) is 1. The first-order valence-corrected chi connectivity index (χ1v) is 8.07. The van der Waals surface area contributed by atoms with Crippen molar-refractivity contribution in [2.75, 3.05) is 19.0 Å². The molecule has 0 saturated heterocycles. The van der Waals surface area contributed by atoms with Crippen LogP contribution in [-0.2, 0) is 11.3 Å². The van der Waals surface area contributed by atoms with Gasteiger partial charge in [-0.05, 0) is 36.4 Å². The van der Waals surface area contributed by atoms with E-state index in [1.54, 1.807) is 7.11 Å². The molecular formula is C19H23N2O2+. The number of nitrogens with one attached hydrogen (secondary N) is 2. The largest absolute Gasteiger partial charge is 0.497 e. The van der Waals surface area contributed by atoms with Crippen molar-refractivity contribution in [3.8, 4) is 5.75 Å². The van der Waals surface area contributed by atoms with E-state index in [4.69, 9.17) is 4.74 Å². The Bertz CT molecular complexity index is 636. The minimum Gasteiger partial charge on any atom is -0.497 e. The lowest BCUT2D eigenvalue weighted by atomic mass is 10.2. The molecule has 1 amide bonds. The number of carbonyl (C=O) groups is 1. The van der Waals surface area contributed by atoms with E-state index in [1.165, 1.54) is 23.3 Å². The number of hydrogen-bond acceptors (Lipinski definition) is 2.